The molecule has 0 bridgehead atoms. The highest BCUT2D eigenvalue weighted by Crippen LogP contribution is 2.09. The van der Waals surface area contributed by atoms with E-state index in [2.05, 4.69) is 24.5 Å². The van der Waals surface area contributed by atoms with Crippen molar-refractivity contribution in [2.45, 2.75) is 39.8 Å². The Morgan fingerprint density at radius 2 is 1.89 bits per heavy atom. The molecule has 0 spiro atoms. The number of thioether (sulfide) groups is 1. The van der Waals surface area contributed by atoms with Gasteiger partial charge in [0, 0.05) is 17.5 Å². The molecule has 106 valence electrons. The summed E-state index contributed by atoms with van der Waals surface area (Å²) in [6.45, 7) is 8.18. The highest BCUT2D eigenvalue weighted by Gasteiger charge is 2.15. The Hall–Kier alpha value is -1.00. The molecule has 1 aromatic carbocycles. The van der Waals surface area contributed by atoms with Gasteiger partial charge in [0.15, 0.2) is 0 Å². The van der Waals surface area contributed by atoms with Gasteiger partial charge < -0.3 is 10.6 Å². The van der Waals surface area contributed by atoms with Crippen LogP contribution in [0.5, 0.6) is 0 Å². The Labute approximate surface area is 120 Å². The Balaban J connectivity index is 2.42. The van der Waals surface area contributed by atoms with Crippen molar-refractivity contribution in [3.63, 3.8) is 0 Å². The fraction of sp³-hybridized carbons (Fsp3) is 0.533. The molecule has 3 nitrogen and oxygen atoms in total. The Morgan fingerprint density at radius 3 is 2.47 bits per heavy atom. The largest absolute Gasteiger partial charge is 0.325 e. The summed E-state index contributed by atoms with van der Waals surface area (Å²) in [6.07, 6.45) is 0. The van der Waals surface area contributed by atoms with Crippen LogP contribution in [0, 0.1) is 6.92 Å². The van der Waals surface area contributed by atoms with Gasteiger partial charge in [-0.05, 0) is 38.7 Å². The van der Waals surface area contributed by atoms with Crippen molar-refractivity contribution in [2.75, 3.05) is 16.8 Å². The van der Waals surface area contributed by atoms with E-state index in [-0.39, 0.29) is 11.9 Å². The van der Waals surface area contributed by atoms with Gasteiger partial charge in [-0.1, -0.05) is 24.6 Å². The van der Waals surface area contributed by atoms with Gasteiger partial charge in [-0.3, -0.25) is 4.79 Å². The molecule has 0 saturated carbocycles. The zero-order valence-corrected chi connectivity index (χ0v) is 13.0. The fourth-order valence-corrected chi connectivity index (χ4v) is 2.42. The zero-order chi connectivity index (χ0) is 14.3. The smallest absolute Gasteiger partial charge is 0.241 e. The Morgan fingerprint density at radius 1 is 1.26 bits per heavy atom. The molecule has 0 aromatic heterocycles. The summed E-state index contributed by atoms with van der Waals surface area (Å²) in [4.78, 5) is 12.0. The molecule has 19 heavy (non-hydrogen) atoms. The van der Waals surface area contributed by atoms with Crippen LogP contribution in [0.1, 0.15) is 26.3 Å². The van der Waals surface area contributed by atoms with Gasteiger partial charge in [-0.2, -0.15) is 11.8 Å². The lowest BCUT2D eigenvalue weighted by atomic mass is 10.2. The van der Waals surface area contributed by atoms with Crippen LogP contribution in [0.4, 0.5) is 5.69 Å². The summed E-state index contributed by atoms with van der Waals surface area (Å²) in [6, 6.07) is 7.99. The minimum absolute atomic E-state index is 0.0113. The van der Waals surface area contributed by atoms with Gasteiger partial charge in [-0.15, -0.1) is 0 Å². The Bertz CT molecular complexity index is 392. The molecular weight excluding hydrogens is 256 g/mol. The van der Waals surface area contributed by atoms with Gasteiger partial charge in [0.1, 0.15) is 0 Å². The van der Waals surface area contributed by atoms with Crippen LogP contribution >= 0.6 is 11.8 Å². The van der Waals surface area contributed by atoms with E-state index in [0.717, 1.165) is 17.2 Å². The number of benzene rings is 1. The first-order valence-corrected chi connectivity index (χ1v) is 7.89. The van der Waals surface area contributed by atoms with Crippen molar-refractivity contribution in [1.82, 2.24) is 5.32 Å². The maximum atomic E-state index is 12.0. The van der Waals surface area contributed by atoms with Crippen molar-refractivity contribution in [2.24, 2.45) is 0 Å². The van der Waals surface area contributed by atoms with E-state index in [1.807, 2.05) is 49.9 Å². The van der Waals surface area contributed by atoms with E-state index >= 15 is 0 Å². The second-order valence-corrected chi connectivity index (χ2v) is 6.12. The van der Waals surface area contributed by atoms with Gasteiger partial charge in [0.05, 0.1) is 6.04 Å². The number of aryl methyl sites for hydroxylation is 1. The van der Waals surface area contributed by atoms with Gasteiger partial charge in [-0.25, -0.2) is 0 Å². The molecule has 2 unspecified atom stereocenters. The molecule has 0 radical (unpaired) electrons. The van der Waals surface area contributed by atoms with E-state index in [1.54, 1.807) is 0 Å². The number of carbonyl (C=O) groups excluding carboxylic acids is 1. The number of carbonyl (C=O) groups is 1. The lowest BCUT2D eigenvalue weighted by Crippen LogP contribution is -2.43. The first-order chi connectivity index (χ1) is 9.02. The van der Waals surface area contributed by atoms with Crippen molar-refractivity contribution in [3.8, 4) is 0 Å². The third-order valence-electron chi connectivity index (χ3n) is 2.82. The minimum atomic E-state index is -0.186. The summed E-state index contributed by atoms with van der Waals surface area (Å²) in [7, 11) is 0. The normalized spacial score (nSPS) is 13.9. The quantitative estimate of drug-likeness (QED) is 0.806. The molecule has 2 atom stereocenters. The molecule has 0 aliphatic rings. The SMILES string of the molecule is CCSCC(C)NC(C)C(=O)Nc1ccc(C)cc1. The summed E-state index contributed by atoms with van der Waals surface area (Å²) >= 11 is 1.88. The summed E-state index contributed by atoms with van der Waals surface area (Å²) in [5.74, 6) is 2.14. The summed E-state index contributed by atoms with van der Waals surface area (Å²) < 4.78 is 0. The summed E-state index contributed by atoms with van der Waals surface area (Å²) in [5, 5.41) is 6.24. The fourth-order valence-electron chi connectivity index (χ4n) is 1.73. The van der Waals surface area contributed by atoms with Crippen molar-refractivity contribution in [3.05, 3.63) is 29.8 Å². The lowest BCUT2D eigenvalue weighted by Gasteiger charge is -2.19. The third-order valence-corrected chi connectivity index (χ3v) is 3.96. The molecule has 4 heteroatoms. The van der Waals surface area contributed by atoms with Crippen LogP contribution in [-0.4, -0.2) is 29.5 Å². The average molecular weight is 280 g/mol. The van der Waals surface area contributed by atoms with Crippen molar-refractivity contribution < 1.29 is 4.79 Å². The van der Waals surface area contributed by atoms with Crippen LogP contribution < -0.4 is 10.6 Å². The van der Waals surface area contributed by atoms with Crippen LogP contribution in [0.3, 0.4) is 0 Å². The van der Waals surface area contributed by atoms with Crippen LogP contribution in [0.2, 0.25) is 0 Å². The van der Waals surface area contributed by atoms with E-state index in [0.29, 0.717) is 6.04 Å². The van der Waals surface area contributed by atoms with Crippen molar-refractivity contribution in [1.29, 1.82) is 0 Å². The number of hydrogen-bond donors (Lipinski definition) is 2. The molecule has 1 aromatic rings. The molecule has 1 rings (SSSR count). The number of amides is 1. The third kappa shape index (κ3) is 6.12. The van der Waals surface area contributed by atoms with E-state index in [9.17, 15) is 4.79 Å². The Kier molecular flexibility index (Phi) is 6.95. The number of hydrogen-bond acceptors (Lipinski definition) is 3. The molecule has 2 N–H and O–H groups in total. The topological polar surface area (TPSA) is 41.1 Å². The maximum Gasteiger partial charge on any atom is 0.241 e. The first-order valence-electron chi connectivity index (χ1n) is 6.74. The molecular formula is C15H24N2OS. The standard InChI is InChI=1S/C15H24N2OS/c1-5-19-10-12(3)16-13(4)15(18)17-14-8-6-11(2)7-9-14/h6-9,12-13,16H,5,10H2,1-4H3,(H,17,18). The van der Waals surface area contributed by atoms with Crippen LogP contribution in [0.15, 0.2) is 24.3 Å². The average Bonchev–Trinajstić information content (AvgIpc) is 2.39. The summed E-state index contributed by atoms with van der Waals surface area (Å²) in [5.41, 5.74) is 2.04. The monoisotopic (exact) mass is 280 g/mol. The molecule has 0 heterocycles. The molecule has 0 saturated heterocycles. The van der Waals surface area contributed by atoms with E-state index < -0.39 is 0 Å². The van der Waals surface area contributed by atoms with E-state index in [4.69, 9.17) is 0 Å². The number of anilines is 1. The molecule has 1 amide bonds. The highest BCUT2D eigenvalue weighted by atomic mass is 32.2. The molecule has 0 aliphatic carbocycles. The van der Waals surface area contributed by atoms with Gasteiger partial charge in [0.25, 0.3) is 0 Å². The van der Waals surface area contributed by atoms with Crippen LogP contribution in [0.25, 0.3) is 0 Å². The highest BCUT2D eigenvalue weighted by molar-refractivity contribution is 7.99. The lowest BCUT2D eigenvalue weighted by molar-refractivity contribution is -0.117. The van der Waals surface area contributed by atoms with Gasteiger partial charge >= 0.3 is 0 Å². The number of nitrogens with one attached hydrogen (secondary N) is 2. The van der Waals surface area contributed by atoms with Crippen molar-refractivity contribution >= 4 is 23.4 Å². The maximum absolute atomic E-state index is 12.0. The zero-order valence-electron chi connectivity index (χ0n) is 12.2. The van der Waals surface area contributed by atoms with E-state index in [1.165, 1.54) is 5.56 Å². The first kappa shape index (κ1) is 16.1. The number of rotatable bonds is 7. The molecule has 0 fully saturated rings. The predicted molar refractivity (Wildman–Crippen MR) is 84.9 cm³/mol. The predicted octanol–water partition coefficient (Wildman–Crippen LogP) is 3.05. The second kappa shape index (κ2) is 8.23. The second-order valence-electron chi connectivity index (χ2n) is 4.80. The van der Waals surface area contributed by atoms with Crippen LogP contribution in [-0.2, 0) is 4.79 Å². The van der Waals surface area contributed by atoms with Gasteiger partial charge in [0.2, 0.25) is 5.91 Å². The molecule has 0 aliphatic heterocycles. The minimum Gasteiger partial charge on any atom is -0.325 e.